The molecule has 0 aromatic heterocycles. The fourth-order valence-electron chi connectivity index (χ4n) is 1.14. The van der Waals surface area contributed by atoms with Gasteiger partial charge in [-0.25, -0.2) is 13.6 Å². The summed E-state index contributed by atoms with van der Waals surface area (Å²) in [5.41, 5.74) is -2.55. The maximum atomic E-state index is 12.6. The second kappa shape index (κ2) is 6.66. The molecule has 0 aliphatic heterocycles. The Morgan fingerprint density at radius 1 is 1.44 bits per heavy atom. The van der Waals surface area contributed by atoms with Crippen LogP contribution in [0.3, 0.4) is 0 Å². The maximum Gasteiger partial charge on any atom is 0.356 e. The lowest BCUT2D eigenvalue weighted by Crippen LogP contribution is -2.43. The zero-order chi connectivity index (χ0) is 12.8. The number of hydrogen-bond donors (Lipinski definition) is 4. The second-order valence-corrected chi connectivity index (χ2v) is 3.19. The Morgan fingerprint density at radius 3 is 2.31 bits per heavy atom. The lowest BCUT2D eigenvalue weighted by atomic mass is 9.84. The molecule has 0 aliphatic rings. The molecule has 0 saturated carbocycles. The number of hydroxylamine groups is 2. The van der Waals surface area contributed by atoms with E-state index in [2.05, 4.69) is 4.89 Å². The van der Waals surface area contributed by atoms with Crippen molar-refractivity contribution in [3.63, 3.8) is 0 Å². The molecular weight excluding hydrogens is 232 g/mol. The van der Waals surface area contributed by atoms with E-state index in [0.717, 1.165) is 0 Å². The average Bonchev–Trinajstić information content (AvgIpc) is 2.22. The van der Waals surface area contributed by atoms with Crippen molar-refractivity contribution in [3.05, 3.63) is 0 Å². The minimum absolute atomic E-state index is 0.215. The van der Waals surface area contributed by atoms with Crippen molar-refractivity contribution in [3.8, 4) is 0 Å². The Labute approximate surface area is 89.3 Å². The third-order valence-corrected chi connectivity index (χ3v) is 2.17. The van der Waals surface area contributed by atoms with Crippen LogP contribution in [0.5, 0.6) is 0 Å². The van der Waals surface area contributed by atoms with Gasteiger partial charge in [0.05, 0.1) is 13.2 Å². The molecule has 96 valence electrons. The first kappa shape index (κ1) is 15.1. The number of nitrogens with zero attached hydrogens (tertiary/aromatic N) is 1. The Kier molecular flexibility index (Phi) is 6.29. The summed E-state index contributed by atoms with van der Waals surface area (Å²) < 4.78 is 25.2. The molecule has 0 radical (unpaired) electrons. The van der Waals surface area contributed by atoms with Gasteiger partial charge in [-0.15, -0.1) is 0 Å². The van der Waals surface area contributed by atoms with Gasteiger partial charge in [-0.3, -0.25) is 10.4 Å². The van der Waals surface area contributed by atoms with Crippen molar-refractivity contribution in [2.75, 3.05) is 13.2 Å². The van der Waals surface area contributed by atoms with E-state index in [1.165, 1.54) is 0 Å². The molecule has 7 nitrogen and oxygen atoms in total. The molecule has 0 aromatic rings. The monoisotopic (exact) mass is 245 g/mol. The standard InChI is InChI=1S/C7H13F2NO6/c8-5(9)7(4-11,6(12)16-15)2-1-3-10(13)14/h5,11,13-15H,1-4H2/t7-/m1/s1. The van der Waals surface area contributed by atoms with E-state index < -0.39 is 37.4 Å². The third-order valence-electron chi connectivity index (χ3n) is 2.17. The summed E-state index contributed by atoms with van der Waals surface area (Å²) in [6, 6.07) is 0. The lowest BCUT2D eigenvalue weighted by molar-refractivity contribution is -0.308. The van der Waals surface area contributed by atoms with Gasteiger partial charge in [-0.05, 0) is 12.8 Å². The van der Waals surface area contributed by atoms with E-state index in [9.17, 15) is 13.6 Å². The highest BCUT2D eigenvalue weighted by molar-refractivity contribution is 5.76. The number of carbonyl (C=O) groups excluding carboxylic acids is 1. The normalized spacial score (nSPS) is 15.2. The van der Waals surface area contributed by atoms with Crippen molar-refractivity contribution in [1.29, 1.82) is 0 Å². The molecule has 0 rings (SSSR count). The maximum absolute atomic E-state index is 12.6. The molecular formula is C7H13F2NO6. The molecule has 0 amide bonds. The van der Waals surface area contributed by atoms with Crippen LogP contribution in [0.25, 0.3) is 0 Å². The molecule has 0 unspecified atom stereocenters. The van der Waals surface area contributed by atoms with E-state index in [1.807, 2.05) is 0 Å². The van der Waals surface area contributed by atoms with Crippen molar-refractivity contribution < 1.29 is 39.2 Å². The lowest BCUT2D eigenvalue weighted by Gasteiger charge is -2.26. The number of aliphatic hydroxyl groups is 1. The summed E-state index contributed by atoms with van der Waals surface area (Å²) in [4.78, 5) is 14.1. The van der Waals surface area contributed by atoms with Gasteiger partial charge in [0.2, 0.25) is 0 Å². The van der Waals surface area contributed by atoms with Crippen LogP contribution in [-0.4, -0.2) is 51.6 Å². The summed E-state index contributed by atoms with van der Waals surface area (Å²) in [5.74, 6) is -1.66. The molecule has 16 heavy (non-hydrogen) atoms. The van der Waals surface area contributed by atoms with Crippen molar-refractivity contribution in [2.24, 2.45) is 5.41 Å². The van der Waals surface area contributed by atoms with E-state index >= 15 is 0 Å². The Morgan fingerprint density at radius 2 is 2.00 bits per heavy atom. The van der Waals surface area contributed by atoms with E-state index in [1.54, 1.807) is 0 Å². The van der Waals surface area contributed by atoms with E-state index in [4.69, 9.17) is 20.8 Å². The van der Waals surface area contributed by atoms with Gasteiger partial charge in [0.25, 0.3) is 6.43 Å². The van der Waals surface area contributed by atoms with Gasteiger partial charge in [0.1, 0.15) is 0 Å². The Hall–Kier alpha value is -0.870. The summed E-state index contributed by atoms with van der Waals surface area (Å²) >= 11 is 0. The van der Waals surface area contributed by atoms with Crippen LogP contribution in [0.1, 0.15) is 12.8 Å². The molecule has 9 heteroatoms. The first-order valence-corrected chi connectivity index (χ1v) is 4.31. The second-order valence-electron chi connectivity index (χ2n) is 3.19. The zero-order valence-electron chi connectivity index (χ0n) is 8.21. The van der Waals surface area contributed by atoms with Crippen LogP contribution in [0.15, 0.2) is 0 Å². The van der Waals surface area contributed by atoms with Gasteiger partial charge in [-0.2, -0.15) is 5.26 Å². The molecule has 0 bridgehead atoms. The predicted molar refractivity (Wildman–Crippen MR) is 43.8 cm³/mol. The molecule has 0 fully saturated rings. The van der Waals surface area contributed by atoms with Gasteiger partial charge in [0, 0.05) is 0 Å². The number of alkyl halides is 2. The van der Waals surface area contributed by atoms with Crippen LogP contribution in [-0.2, 0) is 9.68 Å². The number of carbonyl (C=O) groups is 1. The summed E-state index contributed by atoms with van der Waals surface area (Å²) in [7, 11) is 0. The van der Waals surface area contributed by atoms with Gasteiger partial charge in [0.15, 0.2) is 5.41 Å². The molecule has 0 aliphatic carbocycles. The number of halogens is 2. The third kappa shape index (κ3) is 3.61. The topological polar surface area (TPSA) is 110 Å². The van der Waals surface area contributed by atoms with Gasteiger partial charge in [-0.1, -0.05) is 5.23 Å². The number of rotatable bonds is 7. The quantitative estimate of drug-likeness (QED) is 0.372. The minimum Gasteiger partial charge on any atom is -0.395 e. The van der Waals surface area contributed by atoms with E-state index in [-0.39, 0.29) is 11.6 Å². The largest absolute Gasteiger partial charge is 0.395 e. The SMILES string of the molecule is O=C(OO)[C@@](CO)(CCCN(O)O)C(F)F. The molecule has 4 N–H and O–H groups in total. The first-order valence-electron chi connectivity index (χ1n) is 4.31. The summed E-state index contributed by atoms with van der Waals surface area (Å²) in [6.45, 7) is -1.62. The fourth-order valence-corrected chi connectivity index (χ4v) is 1.14. The Balaban J connectivity index is 4.58. The van der Waals surface area contributed by atoms with E-state index in [0.29, 0.717) is 0 Å². The van der Waals surface area contributed by atoms with Crippen LogP contribution in [0.4, 0.5) is 8.78 Å². The molecule has 0 aromatic carbocycles. The molecule has 0 spiro atoms. The molecule has 1 atom stereocenters. The van der Waals surface area contributed by atoms with Gasteiger partial charge < -0.3 is 9.99 Å². The number of aliphatic hydroxyl groups excluding tert-OH is 1. The van der Waals surface area contributed by atoms with Crippen molar-refractivity contribution in [1.82, 2.24) is 5.23 Å². The molecule has 0 saturated heterocycles. The number of hydrogen-bond acceptors (Lipinski definition) is 7. The highest BCUT2D eigenvalue weighted by Crippen LogP contribution is 2.32. The Bertz CT molecular complexity index is 227. The predicted octanol–water partition coefficient (Wildman–Crippen LogP) is 0.107. The first-order chi connectivity index (χ1) is 7.40. The fraction of sp³-hybridized carbons (Fsp3) is 0.857. The van der Waals surface area contributed by atoms with Crippen LogP contribution in [0, 0.1) is 5.41 Å². The van der Waals surface area contributed by atoms with Crippen molar-refractivity contribution >= 4 is 5.97 Å². The van der Waals surface area contributed by atoms with Crippen LogP contribution >= 0.6 is 0 Å². The smallest absolute Gasteiger partial charge is 0.356 e. The van der Waals surface area contributed by atoms with Crippen molar-refractivity contribution in [2.45, 2.75) is 19.3 Å². The van der Waals surface area contributed by atoms with Gasteiger partial charge >= 0.3 is 5.97 Å². The highest BCUT2D eigenvalue weighted by atomic mass is 19.3. The highest BCUT2D eigenvalue weighted by Gasteiger charge is 2.48. The van der Waals surface area contributed by atoms with Crippen LogP contribution in [0.2, 0.25) is 0 Å². The average molecular weight is 245 g/mol. The minimum atomic E-state index is -3.25. The summed E-state index contributed by atoms with van der Waals surface area (Å²) in [6.07, 6.45) is -4.03. The zero-order valence-corrected chi connectivity index (χ0v) is 8.21. The molecule has 0 heterocycles. The van der Waals surface area contributed by atoms with Crippen LogP contribution < -0.4 is 0 Å². The summed E-state index contributed by atoms with van der Waals surface area (Å²) in [5, 5.41) is 33.3.